The van der Waals surface area contributed by atoms with Crippen molar-refractivity contribution >= 4 is 5.82 Å². The maximum atomic E-state index is 13.2. The molecule has 36 heavy (non-hydrogen) atoms. The molecule has 1 aromatic carbocycles. The third kappa shape index (κ3) is 5.98. The predicted molar refractivity (Wildman–Crippen MR) is 126 cm³/mol. The van der Waals surface area contributed by atoms with Gasteiger partial charge in [-0.2, -0.15) is 26.3 Å². The molecule has 1 aromatic heterocycles. The molecule has 2 aromatic rings. The normalized spacial score (nSPS) is 20.0. The summed E-state index contributed by atoms with van der Waals surface area (Å²) in [5.74, 6) is 2.65. The van der Waals surface area contributed by atoms with E-state index in [1.807, 2.05) is 0 Å². The van der Waals surface area contributed by atoms with Gasteiger partial charge in [0.1, 0.15) is 5.82 Å². The van der Waals surface area contributed by atoms with Gasteiger partial charge >= 0.3 is 12.4 Å². The second kappa shape index (κ2) is 9.54. The van der Waals surface area contributed by atoms with Crippen molar-refractivity contribution in [2.24, 2.45) is 11.8 Å². The van der Waals surface area contributed by atoms with E-state index >= 15 is 0 Å². The first-order valence-electron chi connectivity index (χ1n) is 12.7. The molecule has 5 rings (SSSR count). The third-order valence-corrected chi connectivity index (χ3v) is 7.45. The van der Waals surface area contributed by atoms with Crippen LogP contribution in [0.25, 0.3) is 0 Å². The van der Waals surface area contributed by atoms with Crippen molar-refractivity contribution in [2.45, 2.75) is 76.8 Å². The van der Waals surface area contributed by atoms with Gasteiger partial charge in [-0.15, -0.1) is 0 Å². The third-order valence-electron chi connectivity index (χ3n) is 7.45. The zero-order valence-electron chi connectivity index (χ0n) is 20.3. The predicted octanol–water partition coefficient (Wildman–Crippen LogP) is 7.09. The fourth-order valence-electron chi connectivity index (χ4n) is 5.08. The Bertz CT molecular complexity index is 1060. The molecule has 3 nitrogen and oxygen atoms in total. The highest BCUT2D eigenvalue weighted by Gasteiger charge is 2.37. The number of alkyl halides is 6. The fraction of sp³-hybridized carbons (Fsp3) is 0.593. The molecular weight excluding hydrogens is 480 g/mol. The summed E-state index contributed by atoms with van der Waals surface area (Å²) in [6.07, 6.45) is -2.87. The summed E-state index contributed by atoms with van der Waals surface area (Å²) in [7, 11) is 0. The topological polar surface area (TPSA) is 28.2 Å². The minimum absolute atomic E-state index is 0.0470. The Kier molecular flexibility index (Phi) is 6.72. The van der Waals surface area contributed by atoms with E-state index < -0.39 is 23.5 Å². The number of fused-ring (bicyclic) bond motifs is 1. The first-order chi connectivity index (χ1) is 17.0. The van der Waals surface area contributed by atoms with Crippen molar-refractivity contribution in [3.05, 3.63) is 57.8 Å². The van der Waals surface area contributed by atoms with Crippen LogP contribution >= 0.6 is 0 Å². The maximum Gasteiger partial charge on any atom is 0.416 e. The standard InChI is InChI=1S/C27H31F6N3/c1-16-2-7-20-10-21(25(35-24(16)20)36(14-17-3-4-17)15-18-5-6-18)13-34-12-19-8-22(26(28,29)30)11-23(9-19)27(31,32)33/h8-11,16-18,34H,2-7,12-15H2,1H3. The number of benzene rings is 1. The molecule has 2 fully saturated rings. The zero-order valence-corrected chi connectivity index (χ0v) is 20.3. The van der Waals surface area contributed by atoms with Crippen molar-refractivity contribution in [3.63, 3.8) is 0 Å². The van der Waals surface area contributed by atoms with Gasteiger partial charge in [0.2, 0.25) is 0 Å². The van der Waals surface area contributed by atoms with E-state index in [0.717, 1.165) is 55.1 Å². The molecule has 0 radical (unpaired) electrons. The number of hydrogen-bond donors (Lipinski definition) is 1. The van der Waals surface area contributed by atoms with E-state index in [0.29, 0.717) is 24.3 Å². The Labute approximate surface area is 207 Å². The second-order valence-corrected chi connectivity index (χ2v) is 10.8. The van der Waals surface area contributed by atoms with Crippen LogP contribution in [-0.4, -0.2) is 18.1 Å². The van der Waals surface area contributed by atoms with Crippen molar-refractivity contribution in [3.8, 4) is 0 Å². The molecule has 0 saturated heterocycles. The molecule has 1 atom stereocenters. The summed E-state index contributed by atoms with van der Waals surface area (Å²) in [6.45, 7) is 4.30. The Morgan fingerprint density at radius 2 is 1.42 bits per heavy atom. The van der Waals surface area contributed by atoms with E-state index in [1.54, 1.807) is 0 Å². The molecule has 1 unspecified atom stereocenters. The number of halogens is 6. The lowest BCUT2D eigenvalue weighted by Gasteiger charge is -2.27. The van der Waals surface area contributed by atoms with Crippen LogP contribution in [0.15, 0.2) is 24.3 Å². The molecule has 2 saturated carbocycles. The molecular formula is C27H31F6N3. The van der Waals surface area contributed by atoms with Gasteiger partial charge in [-0.3, -0.25) is 0 Å². The highest BCUT2D eigenvalue weighted by molar-refractivity contribution is 5.52. The molecule has 196 valence electrons. The maximum absolute atomic E-state index is 13.2. The number of aryl methyl sites for hydroxylation is 1. The second-order valence-electron chi connectivity index (χ2n) is 10.8. The van der Waals surface area contributed by atoms with Gasteiger partial charge in [-0.25, -0.2) is 4.98 Å². The van der Waals surface area contributed by atoms with Crippen LogP contribution in [0.5, 0.6) is 0 Å². The highest BCUT2D eigenvalue weighted by Crippen LogP contribution is 2.40. The van der Waals surface area contributed by atoms with Crippen LogP contribution in [0.2, 0.25) is 0 Å². The van der Waals surface area contributed by atoms with Gasteiger partial charge in [-0.05, 0) is 91.7 Å². The number of rotatable bonds is 9. The van der Waals surface area contributed by atoms with E-state index in [9.17, 15) is 26.3 Å². The van der Waals surface area contributed by atoms with E-state index in [1.165, 1.54) is 31.2 Å². The van der Waals surface area contributed by atoms with Gasteiger partial charge in [0.25, 0.3) is 0 Å². The smallest absolute Gasteiger partial charge is 0.356 e. The Morgan fingerprint density at radius 1 is 0.833 bits per heavy atom. The number of anilines is 1. The van der Waals surface area contributed by atoms with Gasteiger partial charge in [-0.1, -0.05) is 6.92 Å². The zero-order chi connectivity index (χ0) is 25.7. The number of aromatic nitrogens is 1. The van der Waals surface area contributed by atoms with E-state index in [2.05, 4.69) is 23.2 Å². The minimum atomic E-state index is -4.85. The van der Waals surface area contributed by atoms with Crippen LogP contribution in [0.1, 0.15) is 78.5 Å². The van der Waals surface area contributed by atoms with Crippen molar-refractivity contribution in [1.29, 1.82) is 0 Å². The van der Waals surface area contributed by atoms with Crippen LogP contribution < -0.4 is 10.2 Å². The molecule has 3 aliphatic carbocycles. The Morgan fingerprint density at radius 3 is 1.94 bits per heavy atom. The lowest BCUT2D eigenvalue weighted by atomic mass is 10.0. The Hall–Kier alpha value is -2.29. The molecule has 3 aliphatic rings. The lowest BCUT2D eigenvalue weighted by molar-refractivity contribution is -0.143. The SMILES string of the molecule is CC1CCc2cc(CNCc3cc(C(F)(F)F)cc(C(F)(F)F)c3)c(N(CC3CC3)CC3CC3)nc21. The van der Waals surface area contributed by atoms with Gasteiger partial charge < -0.3 is 10.2 Å². The van der Waals surface area contributed by atoms with Gasteiger partial charge in [0.05, 0.1) is 11.1 Å². The monoisotopic (exact) mass is 511 g/mol. The fourth-order valence-corrected chi connectivity index (χ4v) is 5.08. The van der Waals surface area contributed by atoms with Crippen LogP contribution in [0, 0.1) is 11.8 Å². The Balaban J connectivity index is 1.39. The lowest BCUT2D eigenvalue weighted by Crippen LogP contribution is -2.31. The number of nitrogens with zero attached hydrogens (tertiary/aromatic N) is 2. The summed E-state index contributed by atoms with van der Waals surface area (Å²) >= 11 is 0. The molecule has 1 heterocycles. The average Bonchev–Trinajstić information content (AvgIpc) is 3.73. The van der Waals surface area contributed by atoms with Crippen molar-refractivity contribution in [1.82, 2.24) is 10.3 Å². The number of pyridine rings is 1. The first kappa shape index (κ1) is 25.4. The van der Waals surface area contributed by atoms with Crippen LogP contribution in [0.3, 0.4) is 0 Å². The average molecular weight is 512 g/mol. The van der Waals surface area contributed by atoms with Gasteiger partial charge in [0, 0.05) is 37.4 Å². The number of nitrogens with one attached hydrogen (secondary N) is 1. The molecule has 1 N–H and O–H groups in total. The van der Waals surface area contributed by atoms with E-state index in [4.69, 9.17) is 4.98 Å². The highest BCUT2D eigenvalue weighted by atomic mass is 19.4. The summed E-state index contributed by atoms with van der Waals surface area (Å²) in [6, 6.07) is 3.89. The van der Waals surface area contributed by atoms with Gasteiger partial charge in [0.15, 0.2) is 0 Å². The molecule has 9 heteroatoms. The molecule has 0 spiro atoms. The quantitative estimate of drug-likeness (QED) is 0.365. The molecule has 0 aliphatic heterocycles. The summed E-state index contributed by atoms with van der Waals surface area (Å²) in [5.41, 5.74) is 0.657. The summed E-state index contributed by atoms with van der Waals surface area (Å²) < 4.78 is 79.4. The summed E-state index contributed by atoms with van der Waals surface area (Å²) in [5, 5.41) is 3.11. The molecule has 0 bridgehead atoms. The largest absolute Gasteiger partial charge is 0.416 e. The first-order valence-corrected chi connectivity index (χ1v) is 12.7. The minimum Gasteiger partial charge on any atom is -0.356 e. The number of hydrogen-bond acceptors (Lipinski definition) is 3. The summed E-state index contributed by atoms with van der Waals surface area (Å²) in [4.78, 5) is 7.48. The van der Waals surface area contributed by atoms with E-state index in [-0.39, 0.29) is 18.2 Å². The van der Waals surface area contributed by atoms with Crippen molar-refractivity contribution in [2.75, 3.05) is 18.0 Å². The van der Waals surface area contributed by atoms with Crippen LogP contribution in [0.4, 0.5) is 32.2 Å². The van der Waals surface area contributed by atoms with Crippen molar-refractivity contribution < 1.29 is 26.3 Å². The molecule has 0 amide bonds. The van der Waals surface area contributed by atoms with Crippen LogP contribution in [-0.2, 0) is 31.9 Å².